The van der Waals surface area contributed by atoms with Crippen LogP contribution < -0.4 is 10.1 Å². The number of methoxy groups -OCH3 is 1. The molecule has 190 valence electrons. The molecule has 1 aliphatic carbocycles. The van der Waals surface area contributed by atoms with Crippen molar-refractivity contribution >= 4 is 15.7 Å². The molecule has 1 aliphatic rings. The fourth-order valence-electron chi connectivity index (χ4n) is 4.56. The predicted octanol–water partition coefficient (Wildman–Crippen LogP) is 2.72. The third kappa shape index (κ3) is 5.85. The van der Waals surface area contributed by atoms with Gasteiger partial charge in [0, 0.05) is 19.2 Å². The topological polar surface area (TPSA) is 134 Å². The van der Waals surface area contributed by atoms with Gasteiger partial charge in [0.25, 0.3) is 5.91 Å². The lowest BCUT2D eigenvalue weighted by Gasteiger charge is -2.35. The van der Waals surface area contributed by atoms with Crippen molar-refractivity contribution in [3.63, 3.8) is 0 Å². The van der Waals surface area contributed by atoms with Gasteiger partial charge in [-0.3, -0.25) is 9.36 Å². The Balaban J connectivity index is 1.92. The van der Waals surface area contributed by atoms with Crippen LogP contribution in [0.1, 0.15) is 77.6 Å². The van der Waals surface area contributed by atoms with E-state index in [9.17, 15) is 23.6 Å². The van der Waals surface area contributed by atoms with E-state index in [0.717, 1.165) is 12.0 Å². The number of imidazole rings is 1. The van der Waals surface area contributed by atoms with E-state index >= 15 is 0 Å². The summed E-state index contributed by atoms with van der Waals surface area (Å²) in [5, 5.41) is 23.0. The fourth-order valence-corrected chi connectivity index (χ4v) is 5.65. The molecule has 1 aromatic carbocycles. The van der Waals surface area contributed by atoms with Crippen LogP contribution in [-0.2, 0) is 22.7 Å². The first-order valence-electron chi connectivity index (χ1n) is 13.2. The summed E-state index contributed by atoms with van der Waals surface area (Å²) in [5.41, 5.74) is -0.376. The number of amides is 1. The number of hydrogen-bond acceptors (Lipinski definition) is 7. The highest BCUT2D eigenvalue weighted by atomic mass is 32.2. The smallest absolute Gasteiger partial charge is 0.273 e. The Hall–Kier alpha value is -2.90. The zero-order chi connectivity index (χ0) is 28.3. The monoisotopic (exact) mass is 505 g/mol. The van der Waals surface area contributed by atoms with E-state index in [1.165, 1.54) is 10.8 Å². The predicted molar refractivity (Wildman–Crippen MR) is 133 cm³/mol. The number of carbonyl (C=O) groups excluding carboxylic acids is 1. The van der Waals surface area contributed by atoms with Crippen molar-refractivity contribution in [3.05, 3.63) is 41.0 Å². The largest absolute Gasteiger partial charge is 0.495 e. The minimum atomic E-state index is -3.20. The highest BCUT2D eigenvalue weighted by Gasteiger charge is 2.37. The molecule has 0 radical (unpaired) electrons. The quantitative estimate of drug-likeness (QED) is 0.535. The van der Waals surface area contributed by atoms with Gasteiger partial charge in [-0.25, -0.2) is 13.4 Å². The number of aryl methyl sites for hydroxylation is 2. The lowest BCUT2D eigenvalue weighted by atomic mass is 9.84. The third-order valence-corrected chi connectivity index (χ3v) is 8.23. The minimum Gasteiger partial charge on any atom is -0.495 e. The second-order valence-corrected chi connectivity index (χ2v) is 11.4. The van der Waals surface area contributed by atoms with E-state index in [1.807, 2.05) is 19.1 Å². The van der Waals surface area contributed by atoms with Crippen LogP contribution in [0.15, 0.2) is 18.2 Å². The molecule has 0 unspecified atom stereocenters. The SMILES string of the molecule is [2H]C([2H])([2H])Oc1cc(CCC)ccc1-n1c(CC)nc(C(=O)NCC2(O)CCC(S(C)(=O)=O)CC2)c1C#N. The van der Waals surface area contributed by atoms with Crippen LogP contribution in [0.4, 0.5) is 0 Å². The molecule has 1 aromatic heterocycles. The second-order valence-electron chi connectivity index (χ2n) is 9.12. The summed E-state index contributed by atoms with van der Waals surface area (Å²) in [5.74, 6) is -0.268. The number of sulfone groups is 1. The van der Waals surface area contributed by atoms with Crippen LogP contribution in [0.5, 0.6) is 5.75 Å². The van der Waals surface area contributed by atoms with Crippen molar-refractivity contribution in [1.82, 2.24) is 14.9 Å². The number of aliphatic hydroxyl groups is 1. The first-order valence-corrected chi connectivity index (χ1v) is 13.7. The molecular formula is C25H34N4O5S. The summed E-state index contributed by atoms with van der Waals surface area (Å²) in [7, 11) is -5.94. The van der Waals surface area contributed by atoms with Gasteiger partial charge in [-0.1, -0.05) is 26.3 Å². The van der Waals surface area contributed by atoms with Gasteiger partial charge in [0.2, 0.25) is 0 Å². The average molecular weight is 506 g/mol. The van der Waals surface area contributed by atoms with Crippen molar-refractivity contribution in [2.75, 3.05) is 19.8 Å². The van der Waals surface area contributed by atoms with Crippen LogP contribution in [-0.4, -0.2) is 59.7 Å². The van der Waals surface area contributed by atoms with Crippen LogP contribution in [0.2, 0.25) is 0 Å². The average Bonchev–Trinajstić information content (AvgIpc) is 3.20. The van der Waals surface area contributed by atoms with E-state index in [4.69, 9.17) is 8.85 Å². The maximum atomic E-state index is 13.1. The van der Waals surface area contributed by atoms with E-state index in [-0.39, 0.29) is 42.2 Å². The number of aromatic nitrogens is 2. The Bertz CT molecular complexity index is 1320. The lowest BCUT2D eigenvalue weighted by molar-refractivity contribution is 0.00607. The van der Waals surface area contributed by atoms with E-state index in [1.54, 1.807) is 19.1 Å². The van der Waals surface area contributed by atoms with Gasteiger partial charge in [-0.05, 0) is 49.8 Å². The van der Waals surface area contributed by atoms with Gasteiger partial charge in [0.15, 0.2) is 11.4 Å². The highest BCUT2D eigenvalue weighted by Crippen LogP contribution is 2.32. The standard InChI is InChI=1S/C25H34N4O5S/c1-5-7-17-8-9-19(21(14-17)34-3)29-20(15-26)23(28-22(29)6-2)24(30)27-16-25(31)12-10-18(11-13-25)35(4,32)33/h8-9,14,18,31H,5-7,10-13,16H2,1-4H3,(H,27,30)/i3D3. The molecular weight excluding hydrogens is 468 g/mol. The Kier molecular flexibility index (Phi) is 6.95. The fraction of sp³-hybridized carbons (Fsp3) is 0.560. The molecule has 0 saturated heterocycles. The number of nitrogens with one attached hydrogen (secondary N) is 1. The van der Waals surface area contributed by atoms with Crippen molar-refractivity contribution in [1.29, 1.82) is 5.26 Å². The molecule has 0 bridgehead atoms. The number of ether oxygens (including phenoxy) is 1. The van der Waals surface area contributed by atoms with Crippen molar-refractivity contribution in [2.24, 2.45) is 0 Å². The molecule has 35 heavy (non-hydrogen) atoms. The molecule has 1 saturated carbocycles. The van der Waals surface area contributed by atoms with Crippen molar-refractivity contribution in [3.8, 4) is 17.5 Å². The number of nitrogens with zero attached hydrogens (tertiary/aromatic N) is 3. The molecule has 1 heterocycles. The number of nitriles is 1. The van der Waals surface area contributed by atoms with Gasteiger partial charge in [-0.2, -0.15) is 5.26 Å². The normalized spacial score (nSPS) is 21.9. The molecule has 10 heteroatoms. The van der Waals surface area contributed by atoms with Crippen molar-refractivity contribution < 1.29 is 27.2 Å². The number of benzene rings is 1. The van der Waals surface area contributed by atoms with E-state index in [2.05, 4.69) is 10.3 Å². The minimum absolute atomic E-state index is 0.0449. The maximum absolute atomic E-state index is 13.1. The highest BCUT2D eigenvalue weighted by molar-refractivity contribution is 7.91. The number of carbonyl (C=O) groups is 1. The molecule has 2 aromatic rings. The summed E-state index contributed by atoms with van der Waals surface area (Å²) >= 11 is 0. The Morgan fingerprint density at radius 2 is 2.11 bits per heavy atom. The van der Waals surface area contributed by atoms with E-state index in [0.29, 0.717) is 31.5 Å². The van der Waals surface area contributed by atoms with Gasteiger partial charge in [0.05, 0.1) is 27.7 Å². The first-order chi connectivity index (χ1) is 17.7. The zero-order valence-corrected chi connectivity index (χ0v) is 21.1. The zero-order valence-electron chi connectivity index (χ0n) is 23.3. The summed E-state index contributed by atoms with van der Waals surface area (Å²) in [6.07, 6.45) is 4.08. The summed E-state index contributed by atoms with van der Waals surface area (Å²) in [4.78, 5) is 17.5. The Labute approximate surface area is 211 Å². The van der Waals surface area contributed by atoms with Gasteiger partial charge < -0.3 is 15.2 Å². The first kappa shape index (κ1) is 22.6. The van der Waals surface area contributed by atoms with Crippen LogP contribution in [0.25, 0.3) is 5.69 Å². The third-order valence-electron chi connectivity index (χ3n) is 6.54. The van der Waals surface area contributed by atoms with Crippen LogP contribution >= 0.6 is 0 Å². The maximum Gasteiger partial charge on any atom is 0.273 e. The number of hydrogen-bond donors (Lipinski definition) is 2. The second kappa shape index (κ2) is 10.8. The molecule has 1 amide bonds. The molecule has 0 aliphatic heterocycles. The Morgan fingerprint density at radius 1 is 1.40 bits per heavy atom. The van der Waals surface area contributed by atoms with Crippen LogP contribution in [0, 0.1) is 11.3 Å². The molecule has 1 fully saturated rings. The Morgan fingerprint density at radius 3 is 2.69 bits per heavy atom. The lowest BCUT2D eigenvalue weighted by Crippen LogP contribution is -2.47. The molecule has 2 N–H and O–H groups in total. The van der Waals surface area contributed by atoms with E-state index < -0.39 is 33.6 Å². The summed E-state index contributed by atoms with van der Waals surface area (Å²) in [6.45, 7) is 3.66. The number of rotatable bonds is 9. The molecule has 0 spiro atoms. The van der Waals surface area contributed by atoms with Crippen LogP contribution in [0.3, 0.4) is 0 Å². The molecule has 3 rings (SSSR count). The molecule has 9 nitrogen and oxygen atoms in total. The van der Waals surface area contributed by atoms with Crippen molar-refractivity contribution in [2.45, 2.75) is 69.6 Å². The summed E-state index contributed by atoms with van der Waals surface area (Å²) in [6, 6.07) is 7.10. The van der Waals surface area contributed by atoms with Gasteiger partial charge >= 0.3 is 0 Å². The molecule has 0 atom stereocenters. The summed E-state index contributed by atoms with van der Waals surface area (Å²) < 4.78 is 53.1. The van der Waals surface area contributed by atoms with Gasteiger partial charge in [0.1, 0.15) is 27.5 Å². The van der Waals surface area contributed by atoms with Gasteiger partial charge in [-0.15, -0.1) is 0 Å².